The summed E-state index contributed by atoms with van der Waals surface area (Å²) in [5.41, 5.74) is 0.732. The summed E-state index contributed by atoms with van der Waals surface area (Å²) in [5, 5.41) is 20.8. The third-order valence-electron chi connectivity index (χ3n) is 4.82. The predicted octanol–water partition coefficient (Wildman–Crippen LogP) is 2.32. The number of carboxylic acids is 1. The second-order valence-electron chi connectivity index (χ2n) is 7.06. The summed E-state index contributed by atoms with van der Waals surface area (Å²) in [6.07, 6.45) is 4.09. The predicted molar refractivity (Wildman–Crippen MR) is 95.6 cm³/mol. The molecule has 26 heavy (non-hydrogen) atoms. The minimum absolute atomic E-state index is 0.161. The number of carbonyl (C=O) groups excluding carboxylic acids is 1. The molecule has 3 rings (SSSR count). The smallest absolute Gasteiger partial charge is 0.318 e. The van der Waals surface area contributed by atoms with Crippen molar-refractivity contribution in [2.45, 2.75) is 39.2 Å². The Morgan fingerprint density at radius 3 is 2.88 bits per heavy atom. The lowest BCUT2D eigenvalue weighted by Gasteiger charge is -2.35. The van der Waals surface area contributed by atoms with Crippen molar-refractivity contribution in [3.05, 3.63) is 30.2 Å². The lowest BCUT2D eigenvalue weighted by Crippen LogP contribution is -2.50. The van der Waals surface area contributed by atoms with Gasteiger partial charge < -0.3 is 15.3 Å². The largest absolute Gasteiger partial charge is 0.481 e. The van der Waals surface area contributed by atoms with Gasteiger partial charge in [-0.05, 0) is 30.9 Å². The van der Waals surface area contributed by atoms with Crippen LogP contribution < -0.4 is 5.32 Å². The van der Waals surface area contributed by atoms with E-state index in [1.165, 1.54) is 0 Å². The number of amides is 2. The number of likely N-dealkylation sites (tertiary alicyclic amines) is 1. The number of nitrogens with zero attached hydrogens (tertiary/aromatic N) is 4. The molecule has 2 aromatic rings. The average molecular weight is 359 g/mol. The van der Waals surface area contributed by atoms with E-state index in [-0.39, 0.29) is 24.5 Å². The molecule has 2 N–H and O–H groups in total. The van der Waals surface area contributed by atoms with Crippen LogP contribution in [0.15, 0.2) is 24.4 Å². The van der Waals surface area contributed by atoms with Crippen LogP contribution in [0.3, 0.4) is 0 Å². The van der Waals surface area contributed by atoms with Crippen LogP contribution >= 0.6 is 0 Å². The first-order chi connectivity index (χ1) is 12.5. The number of pyridine rings is 1. The highest BCUT2D eigenvalue weighted by atomic mass is 16.4. The molecule has 3 heterocycles. The number of nitrogens with one attached hydrogen (secondary N) is 1. The van der Waals surface area contributed by atoms with Gasteiger partial charge in [-0.2, -0.15) is 0 Å². The SMILES string of the molecule is CCCC(NC(=O)N1CC(C)CC(C(=O)O)C1)c1nnc2ccccn12. The highest BCUT2D eigenvalue weighted by Gasteiger charge is 2.33. The van der Waals surface area contributed by atoms with Gasteiger partial charge in [0.25, 0.3) is 0 Å². The molecule has 8 heteroatoms. The summed E-state index contributed by atoms with van der Waals surface area (Å²) in [4.78, 5) is 25.7. The van der Waals surface area contributed by atoms with Crippen LogP contribution in [-0.2, 0) is 4.79 Å². The van der Waals surface area contributed by atoms with E-state index in [0.29, 0.717) is 18.8 Å². The van der Waals surface area contributed by atoms with Gasteiger partial charge in [-0.15, -0.1) is 10.2 Å². The maximum Gasteiger partial charge on any atom is 0.318 e. The molecule has 140 valence electrons. The fourth-order valence-electron chi connectivity index (χ4n) is 3.59. The fourth-order valence-corrected chi connectivity index (χ4v) is 3.59. The number of urea groups is 1. The maximum atomic E-state index is 12.8. The van der Waals surface area contributed by atoms with Crippen LogP contribution in [0.5, 0.6) is 0 Å². The molecule has 2 aromatic heterocycles. The number of hydrogen-bond donors (Lipinski definition) is 2. The number of carboxylic acid groups (broad SMARTS) is 1. The standard InChI is InChI=1S/C18H25N5O3/c1-3-6-14(16-21-20-15-7-4-5-8-23(15)16)19-18(26)22-10-12(2)9-13(11-22)17(24)25/h4-5,7-8,12-14H,3,6,9-11H2,1-2H3,(H,19,26)(H,24,25). The molecular weight excluding hydrogens is 334 g/mol. The maximum absolute atomic E-state index is 12.8. The quantitative estimate of drug-likeness (QED) is 0.853. The zero-order valence-corrected chi connectivity index (χ0v) is 15.1. The second-order valence-corrected chi connectivity index (χ2v) is 7.06. The lowest BCUT2D eigenvalue weighted by molar-refractivity contribution is -0.143. The van der Waals surface area contributed by atoms with Gasteiger partial charge in [-0.3, -0.25) is 9.20 Å². The molecule has 1 saturated heterocycles. The van der Waals surface area contributed by atoms with Crippen molar-refractivity contribution in [2.24, 2.45) is 11.8 Å². The monoisotopic (exact) mass is 359 g/mol. The summed E-state index contributed by atoms with van der Waals surface area (Å²) in [6.45, 7) is 4.83. The number of rotatable bonds is 5. The van der Waals surface area contributed by atoms with E-state index in [0.717, 1.165) is 18.5 Å². The number of fused-ring (bicyclic) bond motifs is 1. The molecule has 2 amide bonds. The Hall–Kier alpha value is -2.64. The Labute approximate surface area is 152 Å². The zero-order valence-electron chi connectivity index (χ0n) is 15.1. The molecule has 1 fully saturated rings. The van der Waals surface area contributed by atoms with Crippen LogP contribution in [0.2, 0.25) is 0 Å². The van der Waals surface area contributed by atoms with Crippen LogP contribution in [0.1, 0.15) is 45.0 Å². The minimum atomic E-state index is -0.845. The van der Waals surface area contributed by atoms with Crippen LogP contribution in [0.4, 0.5) is 4.79 Å². The Balaban J connectivity index is 1.77. The van der Waals surface area contributed by atoms with E-state index in [2.05, 4.69) is 15.5 Å². The van der Waals surface area contributed by atoms with Crippen molar-refractivity contribution in [3.63, 3.8) is 0 Å². The van der Waals surface area contributed by atoms with Crippen molar-refractivity contribution in [3.8, 4) is 0 Å². The number of aromatic nitrogens is 3. The van der Waals surface area contributed by atoms with Gasteiger partial charge in [0.1, 0.15) is 0 Å². The summed E-state index contributed by atoms with van der Waals surface area (Å²) in [6, 6.07) is 5.14. The Bertz CT molecular complexity index is 790. The molecular formula is C18H25N5O3. The molecule has 8 nitrogen and oxygen atoms in total. The van der Waals surface area contributed by atoms with Gasteiger partial charge in [0, 0.05) is 19.3 Å². The van der Waals surface area contributed by atoms with Crippen LogP contribution in [0, 0.1) is 11.8 Å². The Kier molecular flexibility index (Phi) is 5.39. The van der Waals surface area contributed by atoms with E-state index in [4.69, 9.17) is 0 Å². The Morgan fingerprint density at radius 1 is 1.35 bits per heavy atom. The number of aliphatic carboxylic acids is 1. The van der Waals surface area contributed by atoms with Crippen molar-refractivity contribution in [1.82, 2.24) is 24.8 Å². The average Bonchev–Trinajstić information content (AvgIpc) is 3.04. The first-order valence-corrected chi connectivity index (χ1v) is 9.07. The second kappa shape index (κ2) is 7.72. The van der Waals surface area contributed by atoms with Gasteiger partial charge in [0.05, 0.1) is 12.0 Å². The van der Waals surface area contributed by atoms with Gasteiger partial charge in [-0.1, -0.05) is 26.3 Å². The molecule has 0 bridgehead atoms. The summed E-state index contributed by atoms with van der Waals surface area (Å²) in [7, 11) is 0. The fraction of sp³-hybridized carbons (Fsp3) is 0.556. The molecule has 0 spiro atoms. The topological polar surface area (TPSA) is 99.8 Å². The molecule has 0 saturated carbocycles. The normalized spacial score (nSPS) is 21.5. The van der Waals surface area contributed by atoms with E-state index in [1.807, 2.05) is 42.6 Å². The molecule has 1 aliphatic rings. The summed E-state index contributed by atoms with van der Waals surface area (Å²) < 4.78 is 1.87. The first kappa shape index (κ1) is 18.2. The van der Waals surface area contributed by atoms with Gasteiger partial charge in [0.15, 0.2) is 11.5 Å². The highest BCUT2D eigenvalue weighted by molar-refractivity contribution is 5.77. The van der Waals surface area contributed by atoms with Crippen molar-refractivity contribution >= 4 is 17.6 Å². The van der Waals surface area contributed by atoms with E-state index >= 15 is 0 Å². The first-order valence-electron chi connectivity index (χ1n) is 9.07. The third-order valence-corrected chi connectivity index (χ3v) is 4.82. The molecule has 0 aliphatic carbocycles. The van der Waals surface area contributed by atoms with E-state index < -0.39 is 11.9 Å². The molecule has 3 unspecified atom stereocenters. The lowest BCUT2D eigenvalue weighted by atomic mass is 9.91. The number of hydrogen-bond acceptors (Lipinski definition) is 4. The van der Waals surface area contributed by atoms with Gasteiger partial charge in [-0.25, -0.2) is 4.79 Å². The number of carbonyl (C=O) groups is 2. The highest BCUT2D eigenvalue weighted by Crippen LogP contribution is 2.23. The number of piperidine rings is 1. The van der Waals surface area contributed by atoms with Gasteiger partial charge in [0.2, 0.25) is 0 Å². The van der Waals surface area contributed by atoms with E-state index in [1.54, 1.807) is 4.90 Å². The van der Waals surface area contributed by atoms with Crippen LogP contribution in [0.25, 0.3) is 5.65 Å². The Morgan fingerprint density at radius 2 is 2.15 bits per heavy atom. The van der Waals surface area contributed by atoms with Gasteiger partial charge >= 0.3 is 12.0 Å². The van der Waals surface area contributed by atoms with Crippen molar-refractivity contribution < 1.29 is 14.7 Å². The van der Waals surface area contributed by atoms with Crippen molar-refractivity contribution in [2.75, 3.05) is 13.1 Å². The molecule has 1 aliphatic heterocycles. The molecule has 3 atom stereocenters. The van der Waals surface area contributed by atoms with E-state index in [9.17, 15) is 14.7 Å². The summed E-state index contributed by atoms with van der Waals surface area (Å²) >= 11 is 0. The third kappa shape index (κ3) is 3.79. The zero-order chi connectivity index (χ0) is 18.7. The van der Waals surface area contributed by atoms with Crippen molar-refractivity contribution in [1.29, 1.82) is 0 Å². The summed E-state index contributed by atoms with van der Waals surface area (Å²) in [5.74, 6) is -0.504. The minimum Gasteiger partial charge on any atom is -0.481 e. The van der Waals surface area contributed by atoms with Crippen LogP contribution in [-0.4, -0.2) is 49.7 Å². The molecule has 0 radical (unpaired) electrons. The molecule has 0 aromatic carbocycles.